The van der Waals surface area contributed by atoms with E-state index in [9.17, 15) is 22.0 Å². The normalized spacial score (nSPS) is 14.2. The molecule has 1 aliphatic rings. The Hall–Kier alpha value is -3.94. The molecule has 0 saturated heterocycles. The fourth-order valence-corrected chi connectivity index (χ4v) is 6.07. The quantitative estimate of drug-likeness (QED) is 0.0514. The lowest BCUT2D eigenvalue weighted by Gasteiger charge is -2.17. The number of aliphatic hydroxyl groups is 1. The van der Waals surface area contributed by atoms with Crippen LogP contribution in [0.3, 0.4) is 0 Å². The summed E-state index contributed by atoms with van der Waals surface area (Å²) >= 11 is 0. The fraction of sp³-hybridized carbons (Fsp3) is 0.268. The number of nitrogens with one attached hydrogen (secondary N) is 2. The van der Waals surface area contributed by atoms with E-state index in [2.05, 4.69) is 17.2 Å². The van der Waals surface area contributed by atoms with Gasteiger partial charge in [0.1, 0.15) is 0 Å². The number of benzene rings is 3. The van der Waals surface area contributed by atoms with Gasteiger partial charge in [-0.2, -0.15) is 22.0 Å². The van der Waals surface area contributed by atoms with Crippen molar-refractivity contribution in [1.29, 1.82) is 0 Å². The van der Waals surface area contributed by atoms with Crippen LogP contribution in [0, 0.1) is 6.92 Å². The van der Waals surface area contributed by atoms with Crippen LogP contribution in [-0.4, -0.2) is 24.8 Å². The lowest BCUT2D eigenvalue weighted by molar-refractivity contribution is -0.137. The second kappa shape index (κ2) is 17.3. The summed E-state index contributed by atoms with van der Waals surface area (Å²) in [5, 5.41) is 15.3. The maximum Gasteiger partial charge on any atom is 0.416 e. The SMILES string of the molecule is C=C(C)CNCc1ccc(C(F)(F)F)c(/C=C/C2=C(C)C(c3cccc(/C=C/c4cc(CNCCO)ccc4C(F)(F)P)c3C)=CC=CC2)c1. The molecule has 3 aromatic carbocycles. The molecule has 0 bridgehead atoms. The van der Waals surface area contributed by atoms with Crippen molar-refractivity contribution in [3.05, 3.63) is 152 Å². The highest BCUT2D eigenvalue weighted by Crippen LogP contribution is 2.39. The lowest BCUT2D eigenvalue weighted by Crippen LogP contribution is -2.17. The molecule has 0 saturated carbocycles. The summed E-state index contributed by atoms with van der Waals surface area (Å²) in [6, 6.07) is 14.8. The Labute approximate surface area is 294 Å². The van der Waals surface area contributed by atoms with Crippen molar-refractivity contribution in [2.75, 3.05) is 19.7 Å². The topological polar surface area (TPSA) is 44.3 Å². The highest BCUT2D eigenvalue weighted by atomic mass is 31.0. The summed E-state index contributed by atoms with van der Waals surface area (Å²) in [5.74, 6) is 0. The molecule has 1 atom stereocenters. The minimum absolute atomic E-state index is 0.0238. The molecule has 3 N–H and O–H groups in total. The monoisotopic (exact) mass is 706 g/mol. The number of rotatable bonds is 14. The van der Waals surface area contributed by atoms with Gasteiger partial charge in [-0.1, -0.05) is 100 Å². The van der Waals surface area contributed by atoms with Crippen molar-refractivity contribution in [2.24, 2.45) is 0 Å². The van der Waals surface area contributed by atoms with Crippen molar-refractivity contribution < 1.29 is 27.1 Å². The second-order valence-corrected chi connectivity index (χ2v) is 13.2. The van der Waals surface area contributed by atoms with Crippen molar-refractivity contribution in [1.82, 2.24) is 10.6 Å². The van der Waals surface area contributed by atoms with Crippen molar-refractivity contribution >= 4 is 33.0 Å². The molecular formula is C41H44F5N2OP. The highest BCUT2D eigenvalue weighted by molar-refractivity contribution is 7.17. The van der Waals surface area contributed by atoms with E-state index in [-0.39, 0.29) is 17.7 Å². The predicted molar refractivity (Wildman–Crippen MR) is 200 cm³/mol. The Morgan fingerprint density at radius 1 is 0.860 bits per heavy atom. The van der Waals surface area contributed by atoms with Crippen LogP contribution >= 0.6 is 9.24 Å². The Kier molecular flexibility index (Phi) is 13.5. The minimum Gasteiger partial charge on any atom is -0.395 e. The third-order valence-electron chi connectivity index (χ3n) is 8.46. The molecule has 264 valence electrons. The Balaban J connectivity index is 1.68. The predicted octanol–water partition coefficient (Wildman–Crippen LogP) is 10.2. The smallest absolute Gasteiger partial charge is 0.395 e. The average Bonchev–Trinajstić information content (AvgIpc) is 3.23. The molecular weight excluding hydrogens is 662 g/mol. The molecule has 4 rings (SSSR count). The lowest BCUT2D eigenvalue weighted by atomic mass is 9.89. The van der Waals surface area contributed by atoms with Crippen molar-refractivity contribution in [3.8, 4) is 0 Å². The molecule has 0 amide bonds. The van der Waals surface area contributed by atoms with Gasteiger partial charge in [0.25, 0.3) is 5.66 Å². The van der Waals surface area contributed by atoms with Crippen LogP contribution in [0.5, 0.6) is 0 Å². The zero-order valence-corrected chi connectivity index (χ0v) is 29.8. The zero-order chi connectivity index (χ0) is 36.5. The van der Waals surface area contributed by atoms with E-state index in [1.54, 1.807) is 45.7 Å². The van der Waals surface area contributed by atoms with Crippen LogP contribution in [0.1, 0.15) is 70.3 Å². The molecule has 0 spiro atoms. The Bertz CT molecular complexity index is 1840. The third kappa shape index (κ3) is 10.5. The number of alkyl halides is 5. The molecule has 0 heterocycles. The first kappa shape index (κ1) is 38.9. The average molecular weight is 707 g/mol. The van der Waals surface area contributed by atoms with Gasteiger partial charge in [0.2, 0.25) is 0 Å². The number of hydrogen-bond acceptors (Lipinski definition) is 3. The number of halogens is 5. The van der Waals surface area contributed by atoms with Gasteiger partial charge in [0, 0.05) is 31.7 Å². The summed E-state index contributed by atoms with van der Waals surface area (Å²) in [4.78, 5) is 0. The van der Waals surface area contributed by atoms with Crippen LogP contribution in [0.15, 0.2) is 102 Å². The van der Waals surface area contributed by atoms with E-state index in [1.165, 1.54) is 12.1 Å². The van der Waals surface area contributed by atoms with Gasteiger partial charge in [-0.25, -0.2) is 0 Å². The van der Waals surface area contributed by atoms with Crippen molar-refractivity contribution in [3.63, 3.8) is 0 Å². The first-order valence-electron chi connectivity index (χ1n) is 16.4. The van der Waals surface area contributed by atoms with Gasteiger partial charge in [-0.05, 0) is 101 Å². The van der Waals surface area contributed by atoms with Gasteiger partial charge in [-0.3, -0.25) is 0 Å². The van der Waals surface area contributed by atoms with Crippen LogP contribution < -0.4 is 10.6 Å². The molecule has 1 unspecified atom stereocenters. The summed E-state index contributed by atoms with van der Waals surface area (Å²) in [6.45, 7) is 11.5. The van der Waals surface area contributed by atoms with Gasteiger partial charge >= 0.3 is 6.18 Å². The van der Waals surface area contributed by atoms with Crippen LogP contribution in [0.25, 0.3) is 23.8 Å². The fourth-order valence-electron chi connectivity index (χ4n) is 5.80. The molecule has 0 fully saturated rings. The summed E-state index contributed by atoms with van der Waals surface area (Å²) < 4.78 is 71.0. The molecule has 50 heavy (non-hydrogen) atoms. The third-order valence-corrected chi connectivity index (χ3v) is 8.78. The van der Waals surface area contributed by atoms with E-state index in [1.807, 2.05) is 63.3 Å². The zero-order valence-electron chi connectivity index (χ0n) is 28.6. The second-order valence-electron chi connectivity index (χ2n) is 12.5. The largest absolute Gasteiger partial charge is 0.416 e. The standard InChI is InChI=1S/C41H44F5N2OP/c1-27(2)24-48-26-31-12-18-38(40(42,43)44)34(22-31)16-14-32-8-5-6-10-36(28(32)3)37-11-7-9-33(29(37)4)15-17-35-23-30(25-47-20-21-49)13-19-39(35)41(45,46)50/h5-7,9-19,22-23,47-49H,1,8,20-21,24-26,50H2,2-4H3/b16-14+,17-15+. The number of hydrogen-bond donors (Lipinski definition) is 3. The summed E-state index contributed by atoms with van der Waals surface area (Å²) in [6.07, 6.45) is 8.77. The highest BCUT2D eigenvalue weighted by Gasteiger charge is 2.33. The van der Waals surface area contributed by atoms with E-state index < -0.39 is 17.4 Å². The number of allylic oxidation sites excluding steroid dienone is 7. The van der Waals surface area contributed by atoms with Gasteiger partial charge in [-0.15, -0.1) is 0 Å². The Morgan fingerprint density at radius 2 is 1.48 bits per heavy atom. The maximum atomic E-state index is 14.5. The molecule has 0 aliphatic heterocycles. The molecule has 9 heteroatoms. The van der Waals surface area contributed by atoms with E-state index in [0.29, 0.717) is 38.2 Å². The first-order chi connectivity index (χ1) is 23.7. The van der Waals surface area contributed by atoms with E-state index >= 15 is 0 Å². The van der Waals surface area contributed by atoms with Gasteiger partial charge in [0.05, 0.1) is 12.2 Å². The molecule has 1 aliphatic carbocycles. The molecule has 3 nitrogen and oxygen atoms in total. The Morgan fingerprint density at radius 3 is 2.12 bits per heavy atom. The first-order valence-corrected chi connectivity index (χ1v) is 17.0. The van der Waals surface area contributed by atoms with Crippen LogP contribution in [0.2, 0.25) is 0 Å². The van der Waals surface area contributed by atoms with E-state index in [0.717, 1.165) is 56.2 Å². The summed E-state index contributed by atoms with van der Waals surface area (Å²) in [5.41, 5.74) is 4.47. The maximum absolute atomic E-state index is 14.5. The van der Waals surface area contributed by atoms with Crippen LogP contribution in [-0.2, 0) is 24.9 Å². The van der Waals surface area contributed by atoms with Crippen LogP contribution in [0.4, 0.5) is 22.0 Å². The van der Waals surface area contributed by atoms with E-state index in [4.69, 9.17) is 5.11 Å². The van der Waals surface area contributed by atoms with Gasteiger partial charge in [0.15, 0.2) is 0 Å². The minimum atomic E-state index is -4.50. The number of aliphatic hydroxyl groups excluding tert-OH is 1. The summed E-state index contributed by atoms with van der Waals surface area (Å²) in [7, 11) is 1.60. The molecule has 0 aromatic heterocycles. The molecule has 3 aromatic rings. The molecule has 0 radical (unpaired) electrons. The van der Waals surface area contributed by atoms with Gasteiger partial charge < -0.3 is 15.7 Å². The van der Waals surface area contributed by atoms with Crippen molar-refractivity contribution in [2.45, 2.75) is 52.1 Å².